The van der Waals surface area contributed by atoms with Crippen LogP contribution < -0.4 is 4.74 Å². The van der Waals surface area contributed by atoms with E-state index in [-0.39, 0.29) is 12.0 Å². The molecule has 0 heterocycles. The van der Waals surface area contributed by atoms with Crippen molar-refractivity contribution in [2.45, 2.75) is 40.0 Å². The van der Waals surface area contributed by atoms with Gasteiger partial charge in [0.15, 0.2) is 0 Å². The Hall–Kier alpha value is -2.08. The zero-order chi connectivity index (χ0) is 21.1. The number of benzene rings is 1. The maximum Gasteiger partial charge on any atom is 0.247 e. The highest BCUT2D eigenvalue weighted by atomic mass is 32.2. The molecule has 0 radical (unpaired) electrons. The number of nitrogens with zero attached hydrogens (tertiary/aromatic N) is 1. The van der Waals surface area contributed by atoms with Gasteiger partial charge in [0, 0.05) is 6.54 Å². The number of allylic oxidation sites excluding steroid dienone is 1. The molecule has 6 heteroatoms. The van der Waals surface area contributed by atoms with E-state index in [9.17, 15) is 13.2 Å². The van der Waals surface area contributed by atoms with Crippen molar-refractivity contribution >= 4 is 21.5 Å². The number of methoxy groups -OCH3 is 1. The lowest BCUT2D eigenvalue weighted by molar-refractivity contribution is -0.128. The number of carbonyl (C=O) groups excluding carboxylic acids is 1. The molecule has 28 heavy (non-hydrogen) atoms. The van der Waals surface area contributed by atoms with Crippen LogP contribution in [0, 0.1) is 11.3 Å². The number of unbranched alkanes of at least 4 members (excludes halogenated alkanes) is 1. The first-order chi connectivity index (χ1) is 13.0. The summed E-state index contributed by atoms with van der Waals surface area (Å²) in [4.78, 5) is 13.4. The predicted octanol–water partition coefficient (Wildman–Crippen LogP) is 4.27. The Morgan fingerprint density at radius 2 is 1.89 bits per heavy atom. The van der Waals surface area contributed by atoms with Crippen LogP contribution in [0.4, 0.5) is 0 Å². The molecule has 1 aliphatic rings. The van der Waals surface area contributed by atoms with Gasteiger partial charge < -0.3 is 4.74 Å². The van der Waals surface area contributed by atoms with Crippen LogP contribution >= 0.6 is 0 Å². The molecule has 1 aromatic rings. The van der Waals surface area contributed by atoms with Crippen molar-refractivity contribution in [3.63, 3.8) is 0 Å². The van der Waals surface area contributed by atoms with E-state index >= 15 is 0 Å². The molecule has 154 valence electrons. The van der Waals surface area contributed by atoms with Gasteiger partial charge in [-0.3, -0.25) is 4.79 Å². The Balaban J connectivity index is 2.53. The molecule has 5 nitrogen and oxygen atoms in total. The number of rotatable bonds is 7. The maximum absolute atomic E-state index is 13.4. The number of hydrogen-bond acceptors (Lipinski definition) is 4. The van der Waals surface area contributed by atoms with E-state index in [0.29, 0.717) is 12.8 Å². The fraction of sp³-hybridized carbons (Fsp3) is 0.500. The lowest BCUT2D eigenvalue weighted by atomic mass is 9.70. The molecule has 1 aliphatic carbocycles. The summed E-state index contributed by atoms with van der Waals surface area (Å²) in [7, 11) is -2.06. The first-order valence-corrected chi connectivity index (χ1v) is 11.4. The first kappa shape index (κ1) is 22.2. The minimum Gasteiger partial charge on any atom is -0.497 e. The molecule has 0 saturated heterocycles. The van der Waals surface area contributed by atoms with Crippen LogP contribution in [0.1, 0.15) is 45.6 Å². The SMILES string of the molecule is C=C1CC(C)(C)C=C(c2ccc(OC)cc2)C1C(=O)N(CCCC)S(C)(=O)=O. The largest absolute Gasteiger partial charge is 0.497 e. The van der Waals surface area contributed by atoms with Crippen molar-refractivity contribution in [1.82, 2.24) is 4.31 Å². The fourth-order valence-corrected chi connectivity index (χ4v) is 4.58. The molecule has 0 aliphatic heterocycles. The third-order valence-electron chi connectivity index (χ3n) is 4.98. The van der Waals surface area contributed by atoms with Crippen LogP contribution in [-0.2, 0) is 14.8 Å². The summed E-state index contributed by atoms with van der Waals surface area (Å²) in [5.41, 5.74) is 2.26. The molecule has 0 N–H and O–H groups in total. The van der Waals surface area contributed by atoms with E-state index in [4.69, 9.17) is 4.74 Å². The van der Waals surface area contributed by atoms with Gasteiger partial charge in [-0.05, 0) is 41.5 Å². The van der Waals surface area contributed by atoms with E-state index in [1.165, 1.54) is 0 Å². The molecular weight excluding hydrogens is 374 g/mol. The lowest BCUT2D eigenvalue weighted by Crippen LogP contribution is -2.43. The molecule has 1 atom stereocenters. The quantitative estimate of drug-likeness (QED) is 0.636. The van der Waals surface area contributed by atoms with Gasteiger partial charge in [-0.15, -0.1) is 0 Å². The monoisotopic (exact) mass is 405 g/mol. The lowest BCUT2D eigenvalue weighted by Gasteiger charge is -2.37. The Labute approximate surface area is 169 Å². The van der Waals surface area contributed by atoms with E-state index in [0.717, 1.165) is 39.4 Å². The second kappa shape index (κ2) is 8.52. The van der Waals surface area contributed by atoms with Gasteiger partial charge in [-0.1, -0.05) is 57.6 Å². The Morgan fingerprint density at radius 3 is 2.39 bits per heavy atom. The maximum atomic E-state index is 13.4. The van der Waals surface area contributed by atoms with Crippen molar-refractivity contribution < 1.29 is 17.9 Å². The zero-order valence-electron chi connectivity index (χ0n) is 17.5. The van der Waals surface area contributed by atoms with Crippen LogP contribution in [0.15, 0.2) is 42.5 Å². The molecule has 0 aromatic heterocycles. The van der Waals surface area contributed by atoms with Crippen molar-refractivity contribution in [1.29, 1.82) is 0 Å². The van der Waals surface area contributed by atoms with Crippen LogP contribution in [-0.4, -0.2) is 38.5 Å². The highest BCUT2D eigenvalue weighted by Crippen LogP contribution is 2.44. The predicted molar refractivity (Wildman–Crippen MR) is 113 cm³/mol. The smallest absolute Gasteiger partial charge is 0.247 e. The third kappa shape index (κ3) is 5.04. The average Bonchev–Trinajstić information content (AvgIpc) is 2.59. The van der Waals surface area contributed by atoms with Gasteiger partial charge >= 0.3 is 0 Å². The molecule has 2 rings (SSSR count). The van der Waals surface area contributed by atoms with E-state index in [1.54, 1.807) is 7.11 Å². The highest BCUT2D eigenvalue weighted by molar-refractivity contribution is 7.88. The summed E-state index contributed by atoms with van der Waals surface area (Å²) in [6, 6.07) is 7.48. The standard InChI is InChI=1S/C22H31NO4S/c1-7-8-13-23(28(6,25)26)21(24)20-16(2)14-22(3,4)15-19(20)17-9-11-18(27-5)12-10-17/h9-12,15,20H,2,7-8,13-14H2,1,3-6H3. The van der Waals surface area contributed by atoms with Gasteiger partial charge in [0.05, 0.1) is 19.3 Å². The minimum atomic E-state index is -3.66. The molecule has 1 amide bonds. The Morgan fingerprint density at radius 1 is 1.29 bits per heavy atom. The topological polar surface area (TPSA) is 63.7 Å². The molecular formula is C22H31NO4S. The zero-order valence-corrected chi connectivity index (χ0v) is 18.3. The average molecular weight is 406 g/mol. The Bertz CT molecular complexity index is 866. The van der Waals surface area contributed by atoms with Crippen LogP contribution in [0.5, 0.6) is 5.75 Å². The van der Waals surface area contributed by atoms with Crippen molar-refractivity contribution in [3.05, 3.63) is 48.1 Å². The van der Waals surface area contributed by atoms with Gasteiger partial charge in [-0.2, -0.15) is 0 Å². The Kier molecular flexibility index (Phi) is 6.75. The second-order valence-corrected chi connectivity index (χ2v) is 10.0. The van der Waals surface area contributed by atoms with Crippen molar-refractivity contribution in [3.8, 4) is 5.75 Å². The van der Waals surface area contributed by atoms with E-state index < -0.39 is 21.8 Å². The molecule has 0 spiro atoms. The van der Waals surface area contributed by atoms with Gasteiger partial charge in [0.1, 0.15) is 5.75 Å². The van der Waals surface area contributed by atoms with E-state index in [1.807, 2.05) is 31.2 Å². The van der Waals surface area contributed by atoms with Crippen molar-refractivity contribution in [2.75, 3.05) is 19.9 Å². The van der Waals surface area contributed by atoms with Crippen LogP contribution in [0.25, 0.3) is 5.57 Å². The molecule has 0 saturated carbocycles. The third-order valence-corrected chi connectivity index (χ3v) is 6.14. The van der Waals surface area contributed by atoms with Gasteiger partial charge in [-0.25, -0.2) is 12.7 Å². The number of sulfonamides is 1. The first-order valence-electron chi connectivity index (χ1n) is 9.56. The summed E-state index contributed by atoms with van der Waals surface area (Å²) < 4.78 is 30.9. The minimum absolute atomic E-state index is 0.164. The van der Waals surface area contributed by atoms with Crippen LogP contribution in [0.2, 0.25) is 0 Å². The summed E-state index contributed by atoms with van der Waals surface area (Å²) >= 11 is 0. The second-order valence-electron chi connectivity index (χ2n) is 8.11. The summed E-state index contributed by atoms with van der Waals surface area (Å²) in [6.07, 6.45) is 5.23. The number of amides is 1. The van der Waals surface area contributed by atoms with E-state index in [2.05, 4.69) is 26.5 Å². The van der Waals surface area contributed by atoms with Gasteiger partial charge in [0.25, 0.3) is 0 Å². The molecule has 0 fully saturated rings. The summed E-state index contributed by atoms with van der Waals surface area (Å²) in [5.74, 6) is -0.367. The highest BCUT2D eigenvalue weighted by Gasteiger charge is 2.39. The fourth-order valence-electron chi connectivity index (χ4n) is 3.69. The number of carbonyl (C=O) groups is 1. The van der Waals surface area contributed by atoms with Crippen molar-refractivity contribution in [2.24, 2.45) is 11.3 Å². The van der Waals surface area contributed by atoms with Crippen LogP contribution in [0.3, 0.4) is 0 Å². The number of hydrogen-bond donors (Lipinski definition) is 0. The van der Waals surface area contributed by atoms with Gasteiger partial charge in [0.2, 0.25) is 15.9 Å². The normalized spacial score (nSPS) is 19.1. The molecule has 0 bridgehead atoms. The number of ether oxygens (including phenoxy) is 1. The summed E-state index contributed by atoms with van der Waals surface area (Å²) in [6.45, 7) is 10.5. The molecule has 1 aromatic carbocycles. The summed E-state index contributed by atoms with van der Waals surface area (Å²) in [5, 5.41) is 0. The molecule has 1 unspecified atom stereocenters.